The summed E-state index contributed by atoms with van der Waals surface area (Å²) in [5, 5.41) is 12.8. The Bertz CT molecular complexity index is 494. The van der Waals surface area contributed by atoms with Gasteiger partial charge in [-0.1, -0.05) is 32.9 Å². The predicted molar refractivity (Wildman–Crippen MR) is 89.0 cm³/mol. The average Bonchev–Trinajstić information content (AvgIpc) is 2.49. The van der Waals surface area contributed by atoms with E-state index in [9.17, 15) is 9.90 Å². The second-order valence-electron chi connectivity index (χ2n) is 6.76. The van der Waals surface area contributed by atoms with Crippen LogP contribution in [0.1, 0.15) is 44.0 Å². The molecule has 0 aromatic heterocycles. The number of rotatable bonds is 5. The molecule has 1 saturated heterocycles. The lowest BCUT2D eigenvalue weighted by atomic mass is 9.94. The van der Waals surface area contributed by atoms with Crippen LogP contribution in [0.4, 0.5) is 0 Å². The van der Waals surface area contributed by atoms with Gasteiger partial charge in [-0.2, -0.15) is 0 Å². The minimum atomic E-state index is -0.200. The number of hydrogen-bond acceptors (Lipinski definition) is 3. The topological polar surface area (TPSA) is 52.6 Å². The molecule has 1 heterocycles. The molecule has 1 amide bonds. The molecular formula is C18H28N2O2. The minimum Gasteiger partial charge on any atom is -0.507 e. The van der Waals surface area contributed by atoms with Crippen molar-refractivity contribution in [3.05, 3.63) is 29.8 Å². The maximum Gasteiger partial charge on any atom is 0.255 e. The first-order valence-corrected chi connectivity index (χ1v) is 8.29. The summed E-state index contributed by atoms with van der Waals surface area (Å²) in [6, 6.07) is 7.03. The molecule has 4 heteroatoms. The Morgan fingerprint density at radius 1 is 1.32 bits per heavy atom. The maximum atomic E-state index is 12.2. The van der Waals surface area contributed by atoms with Crippen molar-refractivity contribution in [1.82, 2.24) is 10.2 Å². The molecule has 0 saturated carbocycles. The van der Waals surface area contributed by atoms with Gasteiger partial charge in [0.2, 0.25) is 0 Å². The molecule has 1 aliphatic heterocycles. The van der Waals surface area contributed by atoms with Crippen molar-refractivity contribution in [3.8, 4) is 5.75 Å². The third-order valence-corrected chi connectivity index (χ3v) is 4.68. The van der Waals surface area contributed by atoms with Gasteiger partial charge in [-0.05, 0) is 49.9 Å². The Balaban J connectivity index is 1.94. The second-order valence-corrected chi connectivity index (χ2v) is 6.76. The minimum absolute atomic E-state index is 0.0351. The number of para-hydroxylation sites is 1. The van der Waals surface area contributed by atoms with Gasteiger partial charge in [-0.25, -0.2) is 0 Å². The quantitative estimate of drug-likeness (QED) is 0.879. The van der Waals surface area contributed by atoms with E-state index in [2.05, 4.69) is 31.0 Å². The Labute approximate surface area is 133 Å². The molecule has 4 nitrogen and oxygen atoms in total. The van der Waals surface area contributed by atoms with E-state index in [0.29, 0.717) is 24.1 Å². The van der Waals surface area contributed by atoms with E-state index in [4.69, 9.17) is 0 Å². The highest BCUT2D eigenvalue weighted by atomic mass is 16.3. The zero-order valence-electron chi connectivity index (χ0n) is 13.9. The van der Waals surface area contributed by atoms with Crippen molar-refractivity contribution < 1.29 is 9.90 Å². The number of aromatic hydroxyl groups is 1. The molecule has 1 aromatic carbocycles. The Morgan fingerprint density at radius 2 is 1.95 bits per heavy atom. The summed E-state index contributed by atoms with van der Waals surface area (Å²) >= 11 is 0. The summed E-state index contributed by atoms with van der Waals surface area (Å²) < 4.78 is 0. The fraction of sp³-hybridized carbons (Fsp3) is 0.611. The Kier molecular flexibility index (Phi) is 5.83. The SMILES string of the molecule is CC1CCN([C@@H](CNC(=O)c2ccccc2O)C(C)C)CC1. The van der Waals surface area contributed by atoms with Crippen LogP contribution < -0.4 is 5.32 Å². The smallest absolute Gasteiger partial charge is 0.255 e. The largest absolute Gasteiger partial charge is 0.507 e. The molecule has 1 atom stereocenters. The molecule has 2 rings (SSSR count). The number of piperidine rings is 1. The molecule has 1 aromatic rings. The van der Waals surface area contributed by atoms with Crippen molar-refractivity contribution in [2.45, 2.75) is 39.7 Å². The first kappa shape index (κ1) is 16.8. The molecule has 1 aliphatic rings. The summed E-state index contributed by atoms with van der Waals surface area (Å²) in [5.41, 5.74) is 0.345. The maximum absolute atomic E-state index is 12.2. The van der Waals surface area contributed by atoms with Gasteiger partial charge in [-0.15, -0.1) is 0 Å². The normalized spacial score (nSPS) is 18.4. The van der Waals surface area contributed by atoms with E-state index < -0.39 is 0 Å². The molecule has 22 heavy (non-hydrogen) atoms. The zero-order valence-corrected chi connectivity index (χ0v) is 13.9. The van der Waals surface area contributed by atoms with Crippen LogP contribution >= 0.6 is 0 Å². The van der Waals surface area contributed by atoms with Gasteiger partial charge < -0.3 is 10.4 Å². The molecule has 2 N–H and O–H groups in total. The second kappa shape index (κ2) is 7.63. The van der Waals surface area contributed by atoms with E-state index in [-0.39, 0.29) is 11.7 Å². The van der Waals surface area contributed by atoms with Crippen molar-refractivity contribution in [2.24, 2.45) is 11.8 Å². The predicted octanol–water partition coefficient (Wildman–Crippen LogP) is 2.88. The number of phenols is 1. The van der Waals surface area contributed by atoms with Crippen molar-refractivity contribution in [3.63, 3.8) is 0 Å². The number of phenolic OH excluding ortho intramolecular Hbond substituents is 1. The summed E-state index contributed by atoms with van der Waals surface area (Å²) in [5.74, 6) is 1.13. The molecular weight excluding hydrogens is 276 g/mol. The van der Waals surface area contributed by atoms with Crippen LogP contribution in [0, 0.1) is 11.8 Å². The number of amides is 1. The van der Waals surface area contributed by atoms with E-state index in [1.54, 1.807) is 24.3 Å². The first-order chi connectivity index (χ1) is 10.5. The third kappa shape index (κ3) is 4.23. The third-order valence-electron chi connectivity index (χ3n) is 4.68. The highest BCUT2D eigenvalue weighted by molar-refractivity contribution is 5.96. The summed E-state index contributed by atoms with van der Waals surface area (Å²) in [6.45, 7) is 9.55. The molecule has 0 spiro atoms. The van der Waals surface area contributed by atoms with Crippen molar-refractivity contribution in [1.29, 1.82) is 0 Å². The highest BCUT2D eigenvalue weighted by Crippen LogP contribution is 2.21. The van der Waals surface area contributed by atoms with Crippen LogP contribution in [0.3, 0.4) is 0 Å². The molecule has 1 fully saturated rings. The van der Waals surface area contributed by atoms with Crippen molar-refractivity contribution in [2.75, 3.05) is 19.6 Å². The van der Waals surface area contributed by atoms with Crippen LogP contribution in [0.15, 0.2) is 24.3 Å². The molecule has 0 unspecified atom stereocenters. The fourth-order valence-electron chi connectivity index (χ4n) is 3.10. The number of likely N-dealkylation sites (tertiary alicyclic amines) is 1. The fourth-order valence-corrected chi connectivity index (χ4v) is 3.10. The van der Waals surface area contributed by atoms with Gasteiger partial charge in [0.05, 0.1) is 5.56 Å². The van der Waals surface area contributed by atoms with E-state index >= 15 is 0 Å². The van der Waals surface area contributed by atoms with Gasteiger partial charge in [0.1, 0.15) is 5.75 Å². The first-order valence-electron chi connectivity index (χ1n) is 8.29. The van der Waals surface area contributed by atoms with Crippen LogP contribution in [-0.4, -0.2) is 41.6 Å². The van der Waals surface area contributed by atoms with Crippen LogP contribution in [-0.2, 0) is 0 Å². The van der Waals surface area contributed by atoms with E-state index in [0.717, 1.165) is 19.0 Å². The number of carbonyl (C=O) groups is 1. The van der Waals surface area contributed by atoms with Crippen LogP contribution in [0.25, 0.3) is 0 Å². The summed E-state index contributed by atoms with van der Waals surface area (Å²) in [6.07, 6.45) is 2.47. The highest BCUT2D eigenvalue weighted by Gasteiger charge is 2.26. The van der Waals surface area contributed by atoms with Gasteiger partial charge >= 0.3 is 0 Å². The Morgan fingerprint density at radius 3 is 2.55 bits per heavy atom. The number of nitrogens with zero attached hydrogens (tertiary/aromatic N) is 1. The molecule has 0 aliphatic carbocycles. The molecule has 0 radical (unpaired) electrons. The van der Waals surface area contributed by atoms with Crippen LogP contribution in [0.2, 0.25) is 0 Å². The Hall–Kier alpha value is -1.55. The zero-order chi connectivity index (χ0) is 16.1. The number of benzene rings is 1. The standard InChI is InChI=1S/C18H28N2O2/c1-13(2)16(20-10-8-14(3)9-11-20)12-19-18(22)15-6-4-5-7-17(15)21/h4-7,13-14,16,21H,8-12H2,1-3H3,(H,19,22)/t16-/m0/s1. The van der Waals surface area contributed by atoms with E-state index in [1.165, 1.54) is 12.8 Å². The summed E-state index contributed by atoms with van der Waals surface area (Å²) in [4.78, 5) is 14.7. The lowest BCUT2D eigenvalue weighted by molar-refractivity contribution is 0.0861. The number of carbonyl (C=O) groups excluding carboxylic acids is 1. The molecule has 0 bridgehead atoms. The molecule has 122 valence electrons. The van der Waals surface area contributed by atoms with Crippen molar-refractivity contribution >= 4 is 5.91 Å². The number of hydrogen-bond donors (Lipinski definition) is 2. The summed E-state index contributed by atoms with van der Waals surface area (Å²) in [7, 11) is 0. The van der Waals surface area contributed by atoms with Gasteiger partial charge in [-0.3, -0.25) is 9.69 Å². The lowest BCUT2D eigenvalue weighted by Gasteiger charge is -2.38. The monoisotopic (exact) mass is 304 g/mol. The van der Waals surface area contributed by atoms with Gasteiger partial charge in [0.15, 0.2) is 0 Å². The number of nitrogens with one attached hydrogen (secondary N) is 1. The lowest BCUT2D eigenvalue weighted by Crippen LogP contribution is -2.49. The van der Waals surface area contributed by atoms with Crippen LogP contribution in [0.5, 0.6) is 5.75 Å². The van der Waals surface area contributed by atoms with Gasteiger partial charge in [0.25, 0.3) is 5.91 Å². The average molecular weight is 304 g/mol. The van der Waals surface area contributed by atoms with Gasteiger partial charge in [0, 0.05) is 12.6 Å². The van der Waals surface area contributed by atoms with E-state index in [1.807, 2.05) is 0 Å².